The van der Waals surface area contributed by atoms with Gasteiger partial charge in [-0.1, -0.05) is 13.3 Å². The molecule has 1 fully saturated rings. The molecule has 102 valence electrons. The number of likely N-dealkylation sites (tertiary alicyclic amines) is 1. The van der Waals surface area contributed by atoms with Crippen LogP contribution in [0.25, 0.3) is 0 Å². The molecule has 2 atom stereocenters. The van der Waals surface area contributed by atoms with Crippen molar-refractivity contribution < 1.29 is 5.11 Å². The van der Waals surface area contributed by atoms with Crippen LogP contribution < -0.4 is 0 Å². The Hall–Kier alpha value is -0.870. The van der Waals surface area contributed by atoms with Crippen LogP contribution in [0.15, 0.2) is 6.20 Å². The second kappa shape index (κ2) is 5.85. The van der Waals surface area contributed by atoms with Crippen LogP contribution in [0.1, 0.15) is 44.4 Å². The number of piperidine rings is 1. The van der Waals surface area contributed by atoms with Crippen LogP contribution >= 0.6 is 0 Å². The average Bonchev–Trinajstić information content (AvgIpc) is 2.70. The lowest BCUT2D eigenvalue weighted by atomic mass is 9.97. The summed E-state index contributed by atoms with van der Waals surface area (Å²) in [6.45, 7) is 6.07. The van der Waals surface area contributed by atoms with E-state index in [1.165, 1.54) is 24.1 Å². The van der Waals surface area contributed by atoms with E-state index >= 15 is 0 Å². The Bertz CT molecular complexity index is 386. The number of hydrogen-bond acceptors (Lipinski definition) is 3. The number of aliphatic hydroxyl groups is 1. The summed E-state index contributed by atoms with van der Waals surface area (Å²) in [6.07, 6.45) is 6.44. The maximum Gasteiger partial charge on any atom is 0.0667 e. The highest BCUT2D eigenvalue weighted by atomic mass is 16.3. The molecule has 0 radical (unpaired) electrons. The molecule has 1 aromatic rings. The van der Waals surface area contributed by atoms with Crippen molar-refractivity contribution >= 4 is 0 Å². The van der Waals surface area contributed by atoms with Crippen molar-refractivity contribution in [1.82, 2.24) is 14.7 Å². The molecular formula is C14H25N3O. The molecule has 4 heteroatoms. The van der Waals surface area contributed by atoms with Gasteiger partial charge in [0.15, 0.2) is 0 Å². The highest BCUT2D eigenvalue weighted by Gasteiger charge is 2.26. The summed E-state index contributed by atoms with van der Waals surface area (Å²) < 4.78 is 1.90. The van der Waals surface area contributed by atoms with E-state index in [2.05, 4.69) is 23.1 Å². The van der Waals surface area contributed by atoms with Crippen LogP contribution in [0.3, 0.4) is 0 Å². The molecule has 18 heavy (non-hydrogen) atoms. The molecule has 1 aromatic heterocycles. The van der Waals surface area contributed by atoms with Crippen molar-refractivity contribution in [2.75, 3.05) is 6.54 Å². The molecule has 1 aliphatic rings. The van der Waals surface area contributed by atoms with Gasteiger partial charge in [0, 0.05) is 31.4 Å². The fourth-order valence-corrected chi connectivity index (χ4v) is 2.99. The maximum absolute atomic E-state index is 9.89. The minimum atomic E-state index is -0.243. The SMILES string of the molecule is CCc1nn(C)cc1CN1CCCCC1C(C)O. The zero-order chi connectivity index (χ0) is 13.1. The second-order valence-corrected chi connectivity index (χ2v) is 5.40. The van der Waals surface area contributed by atoms with Gasteiger partial charge in [0.05, 0.1) is 11.8 Å². The van der Waals surface area contributed by atoms with Gasteiger partial charge in [-0.05, 0) is 32.7 Å². The topological polar surface area (TPSA) is 41.3 Å². The van der Waals surface area contributed by atoms with E-state index in [4.69, 9.17) is 0 Å². The molecule has 2 unspecified atom stereocenters. The summed E-state index contributed by atoms with van der Waals surface area (Å²) in [7, 11) is 1.98. The van der Waals surface area contributed by atoms with Crippen LogP contribution in [-0.4, -0.2) is 38.5 Å². The standard InChI is InChI=1S/C14H25N3O/c1-4-13-12(9-16(3)15-13)10-17-8-6-5-7-14(17)11(2)18/h9,11,14,18H,4-8,10H2,1-3H3. The molecule has 1 N–H and O–H groups in total. The third-order valence-electron chi connectivity index (χ3n) is 3.92. The third kappa shape index (κ3) is 2.93. The van der Waals surface area contributed by atoms with E-state index in [-0.39, 0.29) is 6.10 Å². The van der Waals surface area contributed by atoms with Crippen LogP contribution in [-0.2, 0) is 20.0 Å². The van der Waals surface area contributed by atoms with Crippen LogP contribution in [0.2, 0.25) is 0 Å². The third-order valence-corrected chi connectivity index (χ3v) is 3.92. The van der Waals surface area contributed by atoms with Crippen molar-refractivity contribution in [3.05, 3.63) is 17.5 Å². The number of nitrogens with zero attached hydrogens (tertiary/aromatic N) is 3. The quantitative estimate of drug-likeness (QED) is 0.886. The molecule has 4 nitrogen and oxygen atoms in total. The van der Waals surface area contributed by atoms with Crippen LogP contribution in [0.4, 0.5) is 0 Å². The van der Waals surface area contributed by atoms with Crippen molar-refractivity contribution in [3.8, 4) is 0 Å². The molecule has 1 saturated heterocycles. The Morgan fingerprint density at radius 1 is 1.50 bits per heavy atom. The van der Waals surface area contributed by atoms with E-state index < -0.39 is 0 Å². The van der Waals surface area contributed by atoms with Gasteiger partial charge >= 0.3 is 0 Å². The second-order valence-electron chi connectivity index (χ2n) is 5.40. The van der Waals surface area contributed by atoms with E-state index in [1.54, 1.807) is 0 Å². The molecular weight excluding hydrogens is 226 g/mol. The fourth-order valence-electron chi connectivity index (χ4n) is 2.99. The molecule has 0 saturated carbocycles. The van der Waals surface area contributed by atoms with Crippen LogP contribution in [0, 0.1) is 0 Å². The lowest BCUT2D eigenvalue weighted by molar-refractivity contribution is 0.0315. The molecule has 0 spiro atoms. The van der Waals surface area contributed by atoms with E-state index in [9.17, 15) is 5.11 Å². The normalized spacial score (nSPS) is 23.2. The van der Waals surface area contributed by atoms with E-state index in [1.807, 2.05) is 18.7 Å². The van der Waals surface area contributed by atoms with Crippen molar-refractivity contribution in [1.29, 1.82) is 0 Å². The Morgan fingerprint density at radius 3 is 2.94 bits per heavy atom. The van der Waals surface area contributed by atoms with E-state index in [0.717, 1.165) is 25.9 Å². The predicted octanol–water partition coefficient (Wildman–Crippen LogP) is 1.72. The smallest absolute Gasteiger partial charge is 0.0667 e. The molecule has 0 aromatic carbocycles. The minimum absolute atomic E-state index is 0.243. The Kier molecular flexibility index (Phi) is 4.40. The number of hydrogen-bond donors (Lipinski definition) is 1. The van der Waals surface area contributed by atoms with Gasteiger partial charge in [-0.25, -0.2) is 0 Å². The van der Waals surface area contributed by atoms with Gasteiger partial charge < -0.3 is 5.11 Å². The van der Waals surface area contributed by atoms with Crippen molar-refractivity contribution in [2.45, 2.75) is 58.2 Å². The van der Waals surface area contributed by atoms with Gasteiger partial charge in [-0.15, -0.1) is 0 Å². The molecule has 1 aliphatic heterocycles. The molecule has 0 bridgehead atoms. The Balaban J connectivity index is 2.10. The number of aryl methyl sites for hydroxylation is 2. The summed E-state index contributed by atoms with van der Waals surface area (Å²) in [6, 6.07) is 0.309. The summed E-state index contributed by atoms with van der Waals surface area (Å²) in [5.41, 5.74) is 2.50. The monoisotopic (exact) mass is 251 g/mol. The lowest BCUT2D eigenvalue weighted by Gasteiger charge is -2.37. The largest absolute Gasteiger partial charge is 0.392 e. The maximum atomic E-state index is 9.89. The highest BCUT2D eigenvalue weighted by Crippen LogP contribution is 2.23. The molecule has 2 heterocycles. The van der Waals surface area contributed by atoms with Gasteiger partial charge in [-0.2, -0.15) is 5.10 Å². The first-order valence-corrected chi connectivity index (χ1v) is 7.05. The number of aliphatic hydroxyl groups excluding tert-OH is 1. The van der Waals surface area contributed by atoms with Gasteiger partial charge in [-0.3, -0.25) is 9.58 Å². The Labute approximate surface area is 110 Å². The Morgan fingerprint density at radius 2 is 2.28 bits per heavy atom. The summed E-state index contributed by atoms with van der Waals surface area (Å²) in [5.74, 6) is 0. The van der Waals surface area contributed by atoms with Gasteiger partial charge in [0.1, 0.15) is 0 Å². The zero-order valence-corrected chi connectivity index (χ0v) is 11.8. The fraction of sp³-hybridized carbons (Fsp3) is 0.786. The van der Waals surface area contributed by atoms with Gasteiger partial charge in [0.25, 0.3) is 0 Å². The average molecular weight is 251 g/mol. The summed E-state index contributed by atoms with van der Waals surface area (Å²) >= 11 is 0. The number of rotatable bonds is 4. The first-order valence-electron chi connectivity index (χ1n) is 7.05. The van der Waals surface area contributed by atoms with Crippen LogP contribution in [0.5, 0.6) is 0 Å². The molecule has 2 rings (SSSR count). The zero-order valence-electron chi connectivity index (χ0n) is 11.8. The summed E-state index contributed by atoms with van der Waals surface area (Å²) in [5, 5.41) is 14.4. The molecule has 0 aliphatic carbocycles. The summed E-state index contributed by atoms with van der Waals surface area (Å²) in [4.78, 5) is 2.42. The van der Waals surface area contributed by atoms with Gasteiger partial charge in [0.2, 0.25) is 0 Å². The highest BCUT2D eigenvalue weighted by molar-refractivity contribution is 5.17. The minimum Gasteiger partial charge on any atom is -0.392 e. The molecule has 0 amide bonds. The van der Waals surface area contributed by atoms with E-state index in [0.29, 0.717) is 6.04 Å². The first-order chi connectivity index (χ1) is 8.61. The lowest BCUT2D eigenvalue weighted by Crippen LogP contribution is -2.45. The first kappa shape index (κ1) is 13.6. The van der Waals surface area contributed by atoms with Crippen molar-refractivity contribution in [3.63, 3.8) is 0 Å². The predicted molar refractivity (Wildman–Crippen MR) is 72.3 cm³/mol. The number of aromatic nitrogens is 2. The van der Waals surface area contributed by atoms with Crippen molar-refractivity contribution in [2.24, 2.45) is 7.05 Å².